The second kappa shape index (κ2) is 8.17. The van der Waals surface area contributed by atoms with E-state index in [1.165, 1.54) is 0 Å². The van der Waals surface area contributed by atoms with Gasteiger partial charge >= 0.3 is 5.97 Å². The first kappa shape index (κ1) is 17.7. The van der Waals surface area contributed by atoms with E-state index in [0.29, 0.717) is 24.0 Å². The lowest BCUT2D eigenvalue weighted by Crippen LogP contribution is -2.32. The Morgan fingerprint density at radius 3 is 2.33 bits per heavy atom. The zero-order chi connectivity index (χ0) is 16.0. The monoisotopic (exact) mass is 295 g/mol. The van der Waals surface area contributed by atoms with Crippen LogP contribution in [0.3, 0.4) is 0 Å². The summed E-state index contributed by atoms with van der Waals surface area (Å²) >= 11 is 0. The Balaban J connectivity index is 2.91. The van der Waals surface area contributed by atoms with E-state index in [1.54, 1.807) is 10.9 Å². The molecule has 1 rings (SSSR count). The summed E-state index contributed by atoms with van der Waals surface area (Å²) in [5, 5.41) is 4.22. The van der Waals surface area contributed by atoms with E-state index < -0.39 is 0 Å². The summed E-state index contributed by atoms with van der Waals surface area (Å²) in [5.74, 6) is 0.890. The van der Waals surface area contributed by atoms with Crippen molar-refractivity contribution in [3.63, 3.8) is 0 Å². The Morgan fingerprint density at radius 1 is 1.29 bits per heavy atom. The Morgan fingerprint density at radius 2 is 1.86 bits per heavy atom. The van der Waals surface area contributed by atoms with Crippen molar-refractivity contribution < 1.29 is 9.53 Å². The Hall–Kier alpha value is -1.36. The fourth-order valence-corrected chi connectivity index (χ4v) is 2.48. The molecule has 21 heavy (non-hydrogen) atoms. The molecular formula is C16H29N3O2. The highest BCUT2D eigenvalue weighted by Gasteiger charge is 2.20. The quantitative estimate of drug-likeness (QED) is 0.692. The Bertz CT molecular complexity index is 442. The van der Waals surface area contributed by atoms with Gasteiger partial charge in [0.2, 0.25) is 0 Å². The van der Waals surface area contributed by atoms with Crippen LogP contribution in [0.5, 0.6) is 0 Å². The summed E-state index contributed by atoms with van der Waals surface area (Å²) in [6.07, 6.45) is 1.61. The third-order valence-corrected chi connectivity index (χ3v) is 3.18. The molecule has 0 saturated heterocycles. The molecule has 5 heteroatoms. The van der Waals surface area contributed by atoms with Crippen LogP contribution in [0.25, 0.3) is 0 Å². The van der Waals surface area contributed by atoms with Crippen molar-refractivity contribution in [2.45, 2.75) is 41.2 Å². The number of aromatic nitrogens is 2. The summed E-state index contributed by atoms with van der Waals surface area (Å²) in [5.41, 5.74) is 1.51. The van der Waals surface area contributed by atoms with Gasteiger partial charge in [0.1, 0.15) is 5.56 Å². The number of esters is 1. The molecule has 0 aliphatic rings. The van der Waals surface area contributed by atoms with Gasteiger partial charge in [-0.15, -0.1) is 0 Å². The van der Waals surface area contributed by atoms with Gasteiger partial charge in [0.15, 0.2) is 0 Å². The fraction of sp³-hybridized carbons (Fsp3) is 0.750. The van der Waals surface area contributed by atoms with E-state index in [4.69, 9.17) is 4.74 Å². The largest absolute Gasteiger partial charge is 0.462 e. The molecule has 0 atom stereocenters. The molecule has 1 heterocycles. The number of hydrogen-bond acceptors (Lipinski definition) is 4. The van der Waals surface area contributed by atoms with Gasteiger partial charge in [0, 0.05) is 26.7 Å². The number of aryl methyl sites for hydroxylation is 1. The van der Waals surface area contributed by atoms with Gasteiger partial charge < -0.3 is 4.74 Å². The average Bonchev–Trinajstić information content (AvgIpc) is 2.69. The number of carbonyl (C=O) groups is 1. The predicted molar refractivity (Wildman–Crippen MR) is 84.1 cm³/mol. The molecular weight excluding hydrogens is 266 g/mol. The van der Waals surface area contributed by atoms with Crippen LogP contribution in [0.15, 0.2) is 6.20 Å². The number of hydrogen-bond donors (Lipinski definition) is 0. The molecule has 0 aliphatic carbocycles. The average molecular weight is 295 g/mol. The van der Waals surface area contributed by atoms with Gasteiger partial charge in [-0.3, -0.25) is 9.58 Å². The minimum atomic E-state index is -0.283. The van der Waals surface area contributed by atoms with Crippen molar-refractivity contribution in [2.24, 2.45) is 18.9 Å². The van der Waals surface area contributed by atoms with Gasteiger partial charge in [-0.05, 0) is 18.8 Å². The van der Waals surface area contributed by atoms with E-state index >= 15 is 0 Å². The molecule has 0 spiro atoms. The number of nitrogens with zero attached hydrogens (tertiary/aromatic N) is 3. The molecule has 1 aromatic heterocycles. The van der Waals surface area contributed by atoms with Crippen molar-refractivity contribution in [1.82, 2.24) is 14.7 Å². The van der Waals surface area contributed by atoms with Crippen LogP contribution < -0.4 is 0 Å². The molecule has 0 aromatic carbocycles. The van der Waals surface area contributed by atoms with E-state index in [2.05, 4.69) is 37.7 Å². The summed E-state index contributed by atoms with van der Waals surface area (Å²) < 4.78 is 6.89. The molecule has 120 valence electrons. The minimum absolute atomic E-state index is 0.283. The van der Waals surface area contributed by atoms with Gasteiger partial charge in [-0.1, -0.05) is 27.7 Å². The second-order valence-corrected chi connectivity index (χ2v) is 6.33. The molecule has 0 unspecified atom stereocenters. The highest BCUT2D eigenvalue weighted by Crippen LogP contribution is 2.15. The van der Waals surface area contributed by atoms with Gasteiger partial charge in [-0.2, -0.15) is 5.10 Å². The SMILES string of the molecule is CCOC(=O)c1cnn(C)c1CN(CC(C)C)CC(C)C. The van der Waals surface area contributed by atoms with Crippen LogP contribution >= 0.6 is 0 Å². The smallest absolute Gasteiger partial charge is 0.341 e. The maximum atomic E-state index is 12.0. The van der Waals surface area contributed by atoms with E-state index in [9.17, 15) is 4.79 Å². The Labute approximate surface area is 128 Å². The predicted octanol–water partition coefficient (Wildman–Crippen LogP) is 2.71. The first-order chi connectivity index (χ1) is 9.85. The fourth-order valence-electron chi connectivity index (χ4n) is 2.48. The summed E-state index contributed by atoms with van der Waals surface area (Å²) in [4.78, 5) is 14.4. The zero-order valence-electron chi connectivity index (χ0n) is 14.2. The third-order valence-electron chi connectivity index (χ3n) is 3.18. The molecule has 0 saturated carbocycles. The molecule has 0 fully saturated rings. The highest BCUT2D eigenvalue weighted by molar-refractivity contribution is 5.90. The highest BCUT2D eigenvalue weighted by atomic mass is 16.5. The second-order valence-electron chi connectivity index (χ2n) is 6.33. The van der Waals surface area contributed by atoms with Gasteiger partial charge in [-0.25, -0.2) is 4.79 Å². The first-order valence-electron chi connectivity index (χ1n) is 7.75. The zero-order valence-corrected chi connectivity index (χ0v) is 14.2. The lowest BCUT2D eigenvalue weighted by Gasteiger charge is -2.26. The number of carbonyl (C=O) groups excluding carboxylic acids is 1. The van der Waals surface area contributed by atoms with Crippen molar-refractivity contribution in [1.29, 1.82) is 0 Å². The van der Waals surface area contributed by atoms with E-state index in [1.807, 2.05) is 14.0 Å². The van der Waals surface area contributed by atoms with Crippen LogP contribution in [0.1, 0.15) is 50.7 Å². The standard InChI is InChI=1S/C16H29N3O2/c1-7-21-16(20)14-8-17-18(6)15(14)11-19(9-12(2)3)10-13(4)5/h8,12-13H,7,9-11H2,1-6H3. The van der Waals surface area contributed by atoms with Crippen molar-refractivity contribution in [3.8, 4) is 0 Å². The maximum absolute atomic E-state index is 12.0. The minimum Gasteiger partial charge on any atom is -0.462 e. The Kier molecular flexibility index (Phi) is 6.89. The van der Waals surface area contributed by atoms with Crippen LogP contribution in [0.2, 0.25) is 0 Å². The topological polar surface area (TPSA) is 47.4 Å². The van der Waals surface area contributed by atoms with Crippen LogP contribution in [-0.4, -0.2) is 40.3 Å². The third kappa shape index (κ3) is 5.50. The molecule has 0 radical (unpaired) electrons. The summed E-state index contributed by atoms with van der Waals surface area (Å²) in [7, 11) is 1.88. The van der Waals surface area contributed by atoms with Crippen LogP contribution in [0, 0.1) is 11.8 Å². The lowest BCUT2D eigenvalue weighted by molar-refractivity contribution is 0.0523. The molecule has 0 amide bonds. The molecule has 1 aromatic rings. The number of rotatable bonds is 8. The molecule has 5 nitrogen and oxygen atoms in total. The molecule has 0 bridgehead atoms. The lowest BCUT2D eigenvalue weighted by atomic mass is 10.1. The van der Waals surface area contributed by atoms with Gasteiger partial charge in [0.05, 0.1) is 18.5 Å². The van der Waals surface area contributed by atoms with Gasteiger partial charge in [0.25, 0.3) is 0 Å². The van der Waals surface area contributed by atoms with Crippen molar-refractivity contribution >= 4 is 5.97 Å². The van der Waals surface area contributed by atoms with Crippen LogP contribution in [-0.2, 0) is 18.3 Å². The van der Waals surface area contributed by atoms with Crippen molar-refractivity contribution in [2.75, 3.05) is 19.7 Å². The maximum Gasteiger partial charge on any atom is 0.341 e. The first-order valence-corrected chi connectivity index (χ1v) is 7.75. The normalized spacial score (nSPS) is 11.7. The summed E-state index contributed by atoms with van der Waals surface area (Å²) in [6.45, 7) is 13.8. The van der Waals surface area contributed by atoms with Crippen LogP contribution in [0.4, 0.5) is 0 Å². The number of ether oxygens (including phenoxy) is 1. The van der Waals surface area contributed by atoms with E-state index in [-0.39, 0.29) is 5.97 Å². The molecule has 0 aliphatic heterocycles. The van der Waals surface area contributed by atoms with Crippen molar-refractivity contribution in [3.05, 3.63) is 17.5 Å². The summed E-state index contributed by atoms with van der Waals surface area (Å²) in [6, 6.07) is 0. The van der Waals surface area contributed by atoms with E-state index in [0.717, 1.165) is 25.3 Å². The molecule has 0 N–H and O–H groups in total.